The number of hydrogen-bond acceptors (Lipinski definition) is 5. The Morgan fingerprint density at radius 3 is 2.48 bits per heavy atom. The van der Waals surface area contributed by atoms with Gasteiger partial charge in [-0.1, -0.05) is 35.9 Å². The molecule has 1 saturated heterocycles. The fraction of sp³-hybridized carbons (Fsp3) is 0.391. The van der Waals surface area contributed by atoms with Crippen molar-refractivity contribution in [2.24, 2.45) is 0 Å². The average Bonchev–Trinajstić information content (AvgIpc) is 3.17. The average molecular weight is 457 g/mol. The van der Waals surface area contributed by atoms with E-state index >= 15 is 0 Å². The van der Waals surface area contributed by atoms with E-state index in [-0.39, 0.29) is 5.75 Å². The Hall–Kier alpha value is -2.22. The SMILES string of the molecule is O=S1(=O)CCn2c(nnc2C2CCN(CCc3ccc(Cl)cc3)CC2)-c2ccccc21. The van der Waals surface area contributed by atoms with Crippen LogP contribution in [-0.2, 0) is 22.8 Å². The number of halogens is 1. The monoisotopic (exact) mass is 456 g/mol. The molecule has 2 aliphatic rings. The predicted molar refractivity (Wildman–Crippen MR) is 121 cm³/mol. The maximum Gasteiger partial charge on any atom is 0.180 e. The van der Waals surface area contributed by atoms with Gasteiger partial charge >= 0.3 is 0 Å². The Bertz CT molecular complexity index is 1180. The topological polar surface area (TPSA) is 68.1 Å². The highest BCUT2D eigenvalue weighted by Gasteiger charge is 2.31. The highest BCUT2D eigenvalue weighted by atomic mass is 35.5. The standard InChI is InChI=1S/C23H25ClN4O2S/c24-19-7-5-17(6-8-19)9-12-27-13-10-18(11-14-27)22-25-26-23-20-3-1-2-4-21(20)31(29,30)16-15-28(22)23/h1-8,18H,9-16H2. The largest absolute Gasteiger partial charge is 0.310 e. The molecule has 1 aromatic heterocycles. The van der Waals surface area contributed by atoms with Crippen molar-refractivity contribution >= 4 is 21.4 Å². The van der Waals surface area contributed by atoms with Gasteiger partial charge in [-0.15, -0.1) is 10.2 Å². The molecule has 0 amide bonds. The molecule has 0 saturated carbocycles. The smallest absolute Gasteiger partial charge is 0.180 e. The molecule has 0 unspecified atom stereocenters. The maximum absolute atomic E-state index is 12.7. The van der Waals surface area contributed by atoms with Gasteiger partial charge in [-0.05, 0) is 62.2 Å². The summed E-state index contributed by atoms with van der Waals surface area (Å²) in [4.78, 5) is 2.86. The molecule has 6 nitrogen and oxygen atoms in total. The molecule has 31 heavy (non-hydrogen) atoms. The van der Waals surface area contributed by atoms with Gasteiger partial charge in [0.25, 0.3) is 0 Å². The van der Waals surface area contributed by atoms with Crippen LogP contribution in [0.2, 0.25) is 5.02 Å². The first-order chi connectivity index (χ1) is 15.0. The van der Waals surface area contributed by atoms with Gasteiger partial charge in [0, 0.05) is 29.6 Å². The number of piperidine rings is 1. The number of nitrogens with zero attached hydrogens (tertiary/aromatic N) is 4. The Morgan fingerprint density at radius 1 is 0.968 bits per heavy atom. The second-order valence-corrected chi connectivity index (χ2v) is 10.9. The molecule has 0 radical (unpaired) electrons. The number of hydrogen-bond donors (Lipinski definition) is 0. The molecule has 3 heterocycles. The van der Waals surface area contributed by atoms with Crippen LogP contribution in [0.15, 0.2) is 53.4 Å². The first kappa shape index (κ1) is 20.7. The molecule has 162 valence electrons. The number of rotatable bonds is 4. The Balaban J connectivity index is 1.29. The minimum atomic E-state index is -3.31. The molecule has 0 aliphatic carbocycles. The van der Waals surface area contributed by atoms with E-state index in [2.05, 4.69) is 27.2 Å². The predicted octanol–water partition coefficient (Wildman–Crippen LogP) is 3.81. The number of aromatic nitrogens is 3. The molecule has 1 fully saturated rings. The summed E-state index contributed by atoms with van der Waals surface area (Å²) in [5, 5.41) is 9.72. The molecule has 3 aromatic rings. The Kier molecular flexibility index (Phi) is 5.58. The second kappa shape index (κ2) is 8.37. The zero-order chi connectivity index (χ0) is 21.4. The summed E-state index contributed by atoms with van der Waals surface area (Å²) >= 11 is 5.97. The van der Waals surface area contributed by atoms with E-state index in [0.717, 1.165) is 49.7 Å². The highest BCUT2D eigenvalue weighted by Crippen LogP contribution is 2.34. The van der Waals surface area contributed by atoms with Gasteiger partial charge in [-0.2, -0.15) is 0 Å². The number of benzene rings is 2. The lowest BCUT2D eigenvalue weighted by atomic mass is 9.95. The highest BCUT2D eigenvalue weighted by molar-refractivity contribution is 7.91. The quantitative estimate of drug-likeness (QED) is 0.597. The molecule has 8 heteroatoms. The maximum atomic E-state index is 12.7. The van der Waals surface area contributed by atoms with E-state index in [4.69, 9.17) is 11.6 Å². The molecule has 0 N–H and O–H groups in total. The van der Waals surface area contributed by atoms with Gasteiger partial charge in [0.15, 0.2) is 15.7 Å². The third kappa shape index (κ3) is 4.14. The third-order valence-electron chi connectivity index (χ3n) is 6.41. The van der Waals surface area contributed by atoms with Crippen molar-refractivity contribution in [3.05, 3.63) is 64.9 Å². The van der Waals surface area contributed by atoms with Gasteiger partial charge in [0.05, 0.1) is 10.6 Å². The molecule has 5 rings (SSSR count). The lowest BCUT2D eigenvalue weighted by Crippen LogP contribution is -2.35. The van der Waals surface area contributed by atoms with Crippen LogP contribution in [0.3, 0.4) is 0 Å². The van der Waals surface area contributed by atoms with Crippen LogP contribution < -0.4 is 0 Å². The van der Waals surface area contributed by atoms with Crippen molar-refractivity contribution in [1.29, 1.82) is 0 Å². The number of fused-ring (bicyclic) bond motifs is 3. The van der Waals surface area contributed by atoms with Crippen LogP contribution in [0, 0.1) is 0 Å². The van der Waals surface area contributed by atoms with Crippen molar-refractivity contribution in [2.75, 3.05) is 25.4 Å². The lowest BCUT2D eigenvalue weighted by Gasteiger charge is -2.31. The minimum Gasteiger partial charge on any atom is -0.310 e. The summed E-state index contributed by atoms with van der Waals surface area (Å²) in [7, 11) is -3.31. The summed E-state index contributed by atoms with van der Waals surface area (Å²) in [6.07, 6.45) is 3.02. The first-order valence-electron chi connectivity index (χ1n) is 10.7. The Morgan fingerprint density at radius 2 is 1.71 bits per heavy atom. The van der Waals surface area contributed by atoms with Gasteiger partial charge in [-0.3, -0.25) is 0 Å². The van der Waals surface area contributed by atoms with Crippen LogP contribution in [0.5, 0.6) is 0 Å². The number of sulfone groups is 1. The van der Waals surface area contributed by atoms with E-state index in [1.54, 1.807) is 12.1 Å². The van der Waals surface area contributed by atoms with Crippen molar-refractivity contribution in [1.82, 2.24) is 19.7 Å². The van der Waals surface area contributed by atoms with E-state index < -0.39 is 9.84 Å². The Labute approximate surface area is 187 Å². The summed E-state index contributed by atoms with van der Waals surface area (Å²) in [5.41, 5.74) is 1.97. The molecule has 0 atom stereocenters. The van der Waals surface area contributed by atoms with E-state index in [9.17, 15) is 8.42 Å². The van der Waals surface area contributed by atoms with Gasteiger partial charge in [-0.25, -0.2) is 8.42 Å². The zero-order valence-electron chi connectivity index (χ0n) is 17.2. The fourth-order valence-corrected chi connectivity index (χ4v) is 6.18. The third-order valence-corrected chi connectivity index (χ3v) is 8.41. The van der Waals surface area contributed by atoms with Gasteiger partial charge < -0.3 is 9.47 Å². The first-order valence-corrected chi connectivity index (χ1v) is 12.8. The number of likely N-dealkylation sites (tertiary alicyclic amines) is 1. The second-order valence-electron chi connectivity index (χ2n) is 8.34. The zero-order valence-corrected chi connectivity index (χ0v) is 18.8. The summed E-state index contributed by atoms with van der Waals surface area (Å²) in [6.45, 7) is 3.45. The van der Waals surface area contributed by atoms with Crippen LogP contribution in [0.25, 0.3) is 11.4 Å². The van der Waals surface area contributed by atoms with Crippen LogP contribution in [-0.4, -0.2) is 53.5 Å². The minimum absolute atomic E-state index is 0.0853. The van der Waals surface area contributed by atoms with Crippen molar-refractivity contribution < 1.29 is 8.42 Å². The molecule has 0 spiro atoms. The van der Waals surface area contributed by atoms with Crippen LogP contribution in [0.1, 0.15) is 30.1 Å². The summed E-state index contributed by atoms with van der Waals surface area (Å²) in [5.74, 6) is 2.00. The molecule has 0 bridgehead atoms. The van der Waals surface area contributed by atoms with Crippen molar-refractivity contribution in [2.45, 2.75) is 36.6 Å². The van der Waals surface area contributed by atoms with E-state index in [1.165, 1.54) is 5.56 Å². The van der Waals surface area contributed by atoms with Crippen molar-refractivity contribution in [3.8, 4) is 11.4 Å². The van der Waals surface area contributed by atoms with E-state index in [0.29, 0.717) is 28.7 Å². The van der Waals surface area contributed by atoms with E-state index in [1.807, 2.05) is 28.8 Å². The van der Waals surface area contributed by atoms with Crippen LogP contribution in [0.4, 0.5) is 0 Å². The van der Waals surface area contributed by atoms with Gasteiger partial charge in [0.2, 0.25) is 0 Å². The summed E-state index contributed by atoms with van der Waals surface area (Å²) in [6, 6.07) is 15.2. The fourth-order valence-electron chi connectivity index (χ4n) is 4.63. The van der Waals surface area contributed by atoms with Gasteiger partial charge in [0.1, 0.15) is 5.82 Å². The van der Waals surface area contributed by atoms with Crippen LogP contribution >= 0.6 is 11.6 Å². The normalized spacial score (nSPS) is 18.9. The molecular formula is C23H25ClN4O2S. The molecule has 2 aromatic carbocycles. The summed E-state index contributed by atoms with van der Waals surface area (Å²) < 4.78 is 27.5. The molecule has 2 aliphatic heterocycles. The van der Waals surface area contributed by atoms with Crippen molar-refractivity contribution in [3.63, 3.8) is 0 Å². The lowest BCUT2D eigenvalue weighted by molar-refractivity contribution is 0.210. The molecular weight excluding hydrogens is 432 g/mol.